The quantitative estimate of drug-likeness (QED) is 0.625. The van der Waals surface area contributed by atoms with Gasteiger partial charge in [0.2, 0.25) is 0 Å². The van der Waals surface area contributed by atoms with Gasteiger partial charge in [-0.1, -0.05) is 6.92 Å². The average molecular weight is 309 g/mol. The van der Waals surface area contributed by atoms with E-state index < -0.39 is 4.84 Å². The Labute approximate surface area is 105 Å². The molecule has 3 nitrogen and oxygen atoms in total. The molecule has 2 atom stereocenters. The summed E-state index contributed by atoms with van der Waals surface area (Å²) in [5, 5.41) is 2.85. The van der Waals surface area contributed by atoms with Gasteiger partial charge in [0.25, 0.3) is 0 Å². The van der Waals surface area contributed by atoms with E-state index in [4.69, 9.17) is 23.2 Å². The molecule has 0 spiro atoms. The monoisotopic (exact) mass is 307 g/mol. The summed E-state index contributed by atoms with van der Waals surface area (Å²) >= 11 is 11.3. The lowest BCUT2D eigenvalue weighted by Crippen LogP contribution is -2.37. The fourth-order valence-corrected chi connectivity index (χ4v) is 1.15. The topological polar surface area (TPSA) is 38.3 Å². The van der Waals surface area contributed by atoms with E-state index in [0.29, 0.717) is 6.42 Å². The van der Waals surface area contributed by atoms with Crippen molar-refractivity contribution in [2.75, 3.05) is 14.2 Å². The van der Waals surface area contributed by atoms with Crippen molar-refractivity contribution in [2.45, 2.75) is 24.2 Å². The molecular weight excluding hydrogens is 293 g/mol. The first kappa shape index (κ1) is 16.9. The zero-order valence-electron chi connectivity index (χ0n) is 8.42. The molecule has 6 heteroatoms. The van der Waals surface area contributed by atoms with Crippen molar-refractivity contribution in [3.05, 3.63) is 0 Å². The summed E-state index contributed by atoms with van der Waals surface area (Å²) in [6.07, 6.45) is 0.570. The first-order valence-electron chi connectivity index (χ1n) is 4.06. The smallest absolute Gasteiger partial charge is 0.322 e. The Hall–Kier alpha value is 0.490. The summed E-state index contributed by atoms with van der Waals surface area (Å²) in [6, 6.07) is -0.333. The molecule has 0 radical (unpaired) electrons. The first-order valence-corrected chi connectivity index (χ1v) is 4.93. The second-order valence-electron chi connectivity index (χ2n) is 2.91. The number of methoxy groups -OCH3 is 1. The third-order valence-corrected chi connectivity index (χ3v) is 2.73. The molecule has 0 aromatic heterocycles. The van der Waals surface area contributed by atoms with Crippen molar-refractivity contribution in [2.24, 2.45) is 5.92 Å². The number of carbonyl (C=O) groups is 1. The van der Waals surface area contributed by atoms with Crippen LogP contribution in [0.15, 0.2) is 0 Å². The highest BCUT2D eigenvalue weighted by atomic mass is 79.9. The van der Waals surface area contributed by atoms with Crippen molar-refractivity contribution in [1.29, 1.82) is 0 Å². The lowest BCUT2D eigenvalue weighted by atomic mass is 10.0. The molecular formula is C8H16BrCl2NO2. The summed E-state index contributed by atoms with van der Waals surface area (Å²) < 4.78 is 4.60. The summed E-state index contributed by atoms with van der Waals surface area (Å²) in [4.78, 5) is 10.7. The molecule has 0 rings (SSSR count). The predicted molar refractivity (Wildman–Crippen MR) is 64.5 cm³/mol. The van der Waals surface area contributed by atoms with Gasteiger partial charge >= 0.3 is 5.97 Å². The van der Waals surface area contributed by atoms with Crippen LogP contribution in [0.2, 0.25) is 0 Å². The zero-order valence-corrected chi connectivity index (χ0v) is 11.6. The van der Waals surface area contributed by atoms with Crippen LogP contribution >= 0.6 is 40.2 Å². The highest BCUT2D eigenvalue weighted by Gasteiger charge is 2.22. The number of esters is 1. The van der Waals surface area contributed by atoms with E-state index in [-0.39, 0.29) is 34.9 Å². The summed E-state index contributed by atoms with van der Waals surface area (Å²) in [5.41, 5.74) is 0. The van der Waals surface area contributed by atoms with Crippen LogP contribution in [0.25, 0.3) is 0 Å². The molecule has 0 aliphatic rings. The van der Waals surface area contributed by atoms with Gasteiger partial charge in [0, 0.05) is 0 Å². The Morgan fingerprint density at radius 2 is 2.00 bits per heavy atom. The van der Waals surface area contributed by atoms with Gasteiger partial charge in [0.1, 0.15) is 10.9 Å². The van der Waals surface area contributed by atoms with Gasteiger partial charge < -0.3 is 10.1 Å². The van der Waals surface area contributed by atoms with Crippen molar-refractivity contribution < 1.29 is 9.53 Å². The SMILES string of the molecule is Br.CN[C@@H](C[C@@H](C)C(Cl)Cl)C(=O)OC. The molecule has 0 bridgehead atoms. The van der Waals surface area contributed by atoms with Crippen LogP contribution in [0.3, 0.4) is 0 Å². The molecule has 0 aliphatic heterocycles. The van der Waals surface area contributed by atoms with Gasteiger partial charge in [-0.25, -0.2) is 0 Å². The van der Waals surface area contributed by atoms with Crippen LogP contribution < -0.4 is 5.32 Å². The summed E-state index contributed by atoms with van der Waals surface area (Å²) in [5.74, 6) is -0.233. The first-order chi connectivity index (χ1) is 6.02. The van der Waals surface area contributed by atoms with E-state index in [1.54, 1.807) is 7.05 Å². The Kier molecular flexibility index (Phi) is 10.6. The maximum absolute atomic E-state index is 11.1. The fourth-order valence-electron chi connectivity index (χ4n) is 0.949. The van der Waals surface area contributed by atoms with E-state index in [1.807, 2.05) is 6.92 Å². The number of ether oxygens (including phenoxy) is 1. The minimum Gasteiger partial charge on any atom is -0.468 e. The molecule has 1 N–H and O–H groups in total. The van der Waals surface area contributed by atoms with E-state index in [1.165, 1.54) is 7.11 Å². The van der Waals surface area contributed by atoms with Gasteiger partial charge in [-0.2, -0.15) is 0 Å². The van der Waals surface area contributed by atoms with Gasteiger partial charge in [0.15, 0.2) is 0 Å². The van der Waals surface area contributed by atoms with Crippen molar-refractivity contribution >= 4 is 46.2 Å². The molecule has 0 aromatic carbocycles. The number of nitrogens with one attached hydrogen (secondary N) is 1. The lowest BCUT2D eigenvalue weighted by Gasteiger charge is -2.18. The zero-order chi connectivity index (χ0) is 10.4. The van der Waals surface area contributed by atoms with Gasteiger partial charge in [-0.3, -0.25) is 4.79 Å². The molecule has 0 aliphatic carbocycles. The van der Waals surface area contributed by atoms with Crippen LogP contribution in [0.4, 0.5) is 0 Å². The Morgan fingerprint density at radius 3 is 2.29 bits per heavy atom. The molecule has 0 heterocycles. The van der Waals surface area contributed by atoms with E-state index >= 15 is 0 Å². The van der Waals surface area contributed by atoms with E-state index in [0.717, 1.165) is 0 Å². The van der Waals surface area contributed by atoms with Crippen LogP contribution in [-0.4, -0.2) is 31.0 Å². The predicted octanol–water partition coefficient (Wildman–Crippen LogP) is 2.16. The van der Waals surface area contributed by atoms with E-state index in [9.17, 15) is 4.79 Å². The van der Waals surface area contributed by atoms with Crippen LogP contribution in [-0.2, 0) is 9.53 Å². The number of hydrogen-bond acceptors (Lipinski definition) is 3. The third kappa shape index (κ3) is 6.06. The molecule has 14 heavy (non-hydrogen) atoms. The normalized spacial score (nSPS) is 14.4. The number of rotatable bonds is 5. The highest BCUT2D eigenvalue weighted by Crippen LogP contribution is 2.19. The number of hydrogen-bond donors (Lipinski definition) is 1. The molecule has 0 saturated heterocycles. The minimum absolute atomic E-state index is 0. The van der Waals surface area contributed by atoms with Crippen molar-refractivity contribution in [1.82, 2.24) is 5.32 Å². The second-order valence-corrected chi connectivity index (χ2v) is 4.08. The molecule has 0 aromatic rings. The highest BCUT2D eigenvalue weighted by molar-refractivity contribution is 8.93. The maximum atomic E-state index is 11.1. The Balaban J connectivity index is 0. The van der Waals surface area contributed by atoms with Crippen LogP contribution in [0.1, 0.15) is 13.3 Å². The molecule has 0 unspecified atom stereocenters. The van der Waals surface area contributed by atoms with Gasteiger partial charge in [-0.05, 0) is 19.4 Å². The summed E-state index contributed by atoms with van der Waals surface area (Å²) in [7, 11) is 3.06. The van der Waals surface area contributed by atoms with Crippen molar-refractivity contribution in [3.8, 4) is 0 Å². The summed E-state index contributed by atoms with van der Waals surface area (Å²) in [6.45, 7) is 1.89. The fraction of sp³-hybridized carbons (Fsp3) is 0.875. The number of likely N-dealkylation sites (N-methyl/N-ethyl adjacent to an activating group) is 1. The number of carbonyl (C=O) groups excluding carboxylic acids is 1. The van der Waals surface area contributed by atoms with Crippen LogP contribution in [0, 0.1) is 5.92 Å². The standard InChI is InChI=1S/C8H15Cl2NO2.BrH/c1-5(7(9)10)4-6(11-2)8(12)13-3;/h5-7,11H,4H2,1-3H3;1H/t5-,6+;/m1./s1. The average Bonchev–Trinajstić information content (AvgIpc) is 2.12. The lowest BCUT2D eigenvalue weighted by molar-refractivity contribution is -0.143. The van der Waals surface area contributed by atoms with Gasteiger partial charge in [-0.15, -0.1) is 40.2 Å². The Bertz CT molecular complexity index is 169. The third-order valence-electron chi connectivity index (χ3n) is 1.87. The maximum Gasteiger partial charge on any atom is 0.322 e. The van der Waals surface area contributed by atoms with Crippen LogP contribution in [0.5, 0.6) is 0 Å². The Morgan fingerprint density at radius 1 is 1.50 bits per heavy atom. The molecule has 0 amide bonds. The van der Waals surface area contributed by atoms with Gasteiger partial charge in [0.05, 0.1) is 7.11 Å². The largest absolute Gasteiger partial charge is 0.468 e. The number of alkyl halides is 2. The molecule has 0 saturated carbocycles. The minimum atomic E-state index is -0.458. The number of halogens is 3. The molecule has 86 valence electrons. The molecule has 0 fully saturated rings. The second kappa shape index (κ2) is 8.77. The van der Waals surface area contributed by atoms with E-state index in [2.05, 4.69) is 10.1 Å². The van der Waals surface area contributed by atoms with Crippen molar-refractivity contribution in [3.63, 3.8) is 0 Å².